The average Bonchev–Trinajstić information content (AvgIpc) is 2.36. The van der Waals surface area contributed by atoms with Gasteiger partial charge in [0.25, 0.3) is 5.91 Å². The molecule has 0 unspecified atom stereocenters. The zero-order valence-corrected chi connectivity index (χ0v) is 11.1. The van der Waals surface area contributed by atoms with E-state index in [1.54, 1.807) is 18.2 Å². The lowest BCUT2D eigenvalue weighted by atomic mass is 10.2. The Kier molecular flexibility index (Phi) is 5.55. The highest BCUT2D eigenvalue weighted by molar-refractivity contribution is 7.80. The van der Waals surface area contributed by atoms with Crippen molar-refractivity contribution in [3.8, 4) is 11.5 Å². The molecule has 19 heavy (non-hydrogen) atoms. The van der Waals surface area contributed by atoms with E-state index in [0.29, 0.717) is 11.5 Å². The van der Waals surface area contributed by atoms with Crippen LogP contribution in [0.25, 0.3) is 0 Å². The van der Waals surface area contributed by atoms with E-state index < -0.39 is 5.91 Å². The number of nitrogens with one attached hydrogen (secondary N) is 1. The molecule has 0 heterocycles. The van der Waals surface area contributed by atoms with Crippen LogP contribution in [-0.4, -0.2) is 31.0 Å². The maximum atomic E-state index is 10.6. The minimum absolute atomic E-state index is 0.0737. The van der Waals surface area contributed by atoms with Gasteiger partial charge in [-0.1, -0.05) is 0 Å². The number of thiocarbonyl (C=S) groups is 1. The number of ether oxygens (including phenoxy) is 2. The van der Waals surface area contributed by atoms with Crippen molar-refractivity contribution in [2.45, 2.75) is 0 Å². The largest absolute Gasteiger partial charge is 0.493 e. The molecule has 0 atom stereocenters. The third kappa shape index (κ3) is 5.21. The molecule has 102 valence electrons. The lowest BCUT2D eigenvalue weighted by molar-refractivity contribution is -0.119. The first kappa shape index (κ1) is 14.7. The highest BCUT2D eigenvalue weighted by atomic mass is 32.1. The van der Waals surface area contributed by atoms with Gasteiger partial charge in [-0.2, -0.15) is 5.10 Å². The molecular formula is C11H14N4O3S. The van der Waals surface area contributed by atoms with Crippen LogP contribution in [0.1, 0.15) is 5.56 Å². The molecule has 1 amide bonds. The lowest BCUT2D eigenvalue weighted by Crippen LogP contribution is -2.24. The first-order chi connectivity index (χ1) is 9.02. The number of amides is 1. The molecule has 1 aromatic rings. The van der Waals surface area contributed by atoms with Gasteiger partial charge in [-0.15, -0.1) is 0 Å². The third-order valence-corrected chi connectivity index (χ3v) is 2.04. The second-order valence-corrected chi connectivity index (χ2v) is 3.84. The maximum Gasteiger partial charge on any atom is 0.255 e. The second kappa shape index (κ2) is 7.17. The fourth-order valence-electron chi connectivity index (χ4n) is 1.20. The number of nitrogens with two attached hydrogens (primary N) is 2. The molecule has 7 nitrogen and oxygen atoms in total. The van der Waals surface area contributed by atoms with E-state index in [9.17, 15) is 4.79 Å². The molecule has 5 N–H and O–H groups in total. The number of primary amides is 1. The number of hydrogen-bond acceptors (Lipinski definition) is 5. The molecule has 0 radical (unpaired) electrons. The Bertz CT molecular complexity index is 505. The van der Waals surface area contributed by atoms with Crippen LogP contribution in [0.15, 0.2) is 23.3 Å². The van der Waals surface area contributed by atoms with Gasteiger partial charge in [-0.3, -0.25) is 10.2 Å². The SMILES string of the molecule is COc1cc(/C=N/NC(N)=S)ccc1OCC(N)=O. The first-order valence-electron chi connectivity index (χ1n) is 5.20. The van der Waals surface area contributed by atoms with E-state index in [-0.39, 0.29) is 11.7 Å². The molecule has 0 spiro atoms. The fraction of sp³-hybridized carbons (Fsp3) is 0.182. The number of carbonyl (C=O) groups excluding carboxylic acids is 1. The zero-order chi connectivity index (χ0) is 14.3. The van der Waals surface area contributed by atoms with E-state index in [1.165, 1.54) is 13.3 Å². The number of rotatable bonds is 6. The second-order valence-electron chi connectivity index (χ2n) is 3.40. The van der Waals surface area contributed by atoms with Gasteiger partial charge >= 0.3 is 0 Å². The Morgan fingerprint density at radius 3 is 2.79 bits per heavy atom. The topological polar surface area (TPSA) is 112 Å². The van der Waals surface area contributed by atoms with Crippen molar-refractivity contribution in [3.05, 3.63) is 23.8 Å². The number of benzene rings is 1. The summed E-state index contributed by atoms with van der Waals surface area (Å²) < 4.78 is 10.3. The van der Waals surface area contributed by atoms with Gasteiger partial charge < -0.3 is 20.9 Å². The molecule has 0 bridgehead atoms. The van der Waals surface area contributed by atoms with Crippen molar-refractivity contribution in [1.29, 1.82) is 0 Å². The monoisotopic (exact) mass is 282 g/mol. The summed E-state index contributed by atoms with van der Waals surface area (Å²) >= 11 is 4.60. The summed E-state index contributed by atoms with van der Waals surface area (Å²) in [4.78, 5) is 10.6. The highest BCUT2D eigenvalue weighted by Gasteiger charge is 2.06. The Morgan fingerprint density at radius 1 is 1.47 bits per heavy atom. The van der Waals surface area contributed by atoms with Crippen molar-refractivity contribution in [2.24, 2.45) is 16.6 Å². The summed E-state index contributed by atoms with van der Waals surface area (Å²) in [5.41, 5.74) is 13.4. The predicted molar refractivity (Wildman–Crippen MR) is 75.2 cm³/mol. The third-order valence-electron chi connectivity index (χ3n) is 1.95. The summed E-state index contributed by atoms with van der Waals surface area (Å²) in [6.45, 7) is -0.215. The molecule has 1 rings (SSSR count). The van der Waals surface area contributed by atoms with Crippen molar-refractivity contribution < 1.29 is 14.3 Å². The van der Waals surface area contributed by atoms with Gasteiger partial charge in [-0.05, 0) is 36.0 Å². The smallest absolute Gasteiger partial charge is 0.255 e. The molecule has 1 aromatic carbocycles. The minimum atomic E-state index is -0.562. The van der Waals surface area contributed by atoms with E-state index >= 15 is 0 Å². The first-order valence-corrected chi connectivity index (χ1v) is 5.61. The number of hydrazone groups is 1. The van der Waals surface area contributed by atoms with Crippen LogP contribution in [0, 0.1) is 0 Å². The molecule has 0 saturated heterocycles. The highest BCUT2D eigenvalue weighted by Crippen LogP contribution is 2.27. The number of carbonyl (C=O) groups is 1. The molecule has 0 fully saturated rings. The summed E-state index contributed by atoms with van der Waals surface area (Å²) in [6, 6.07) is 5.05. The summed E-state index contributed by atoms with van der Waals surface area (Å²) in [5, 5.41) is 3.88. The molecule has 0 aliphatic rings. The van der Waals surface area contributed by atoms with Gasteiger partial charge in [0, 0.05) is 0 Å². The molecule has 8 heteroatoms. The van der Waals surface area contributed by atoms with Gasteiger partial charge in [0.15, 0.2) is 23.2 Å². The Morgan fingerprint density at radius 2 is 2.21 bits per heavy atom. The fourth-order valence-corrected chi connectivity index (χ4v) is 1.26. The number of methoxy groups -OCH3 is 1. The van der Waals surface area contributed by atoms with Crippen LogP contribution < -0.4 is 26.4 Å². The number of hydrogen-bond donors (Lipinski definition) is 3. The van der Waals surface area contributed by atoms with E-state index in [0.717, 1.165) is 5.56 Å². The van der Waals surface area contributed by atoms with Gasteiger partial charge in [0.2, 0.25) is 0 Å². The van der Waals surface area contributed by atoms with E-state index in [1.807, 2.05) is 0 Å². The molecule has 0 aliphatic carbocycles. The standard InChI is InChI=1S/C11H14N4O3S/c1-17-9-4-7(5-14-15-11(13)19)2-3-8(9)18-6-10(12)16/h2-5H,6H2,1H3,(H2,12,16)(H3,13,15,19)/b14-5+. The summed E-state index contributed by atoms with van der Waals surface area (Å²) in [5.74, 6) is 0.314. The Labute approximate surface area is 115 Å². The van der Waals surface area contributed by atoms with E-state index in [4.69, 9.17) is 20.9 Å². The van der Waals surface area contributed by atoms with Crippen molar-refractivity contribution in [2.75, 3.05) is 13.7 Å². The van der Waals surface area contributed by atoms with Crippen molar-refractivity contribution in [3.63, 3.8) is 0 Å². The van der Waals surface area contributed by atoms with Crippen LogP contribution in [0.3, 0.4) is 0 Å². The van der Waals surface area contributed by atoms with Crippen LogP contribution in [0.5, 0.6) is 11.5 Å². The van der Waals surface area contributed by atoms with Crippen LogP contribution in [0.2, 0.25) is 0 Å². The van der Waals surface area contributed by atoms with Crippen LogP contribution in [0.4, 0.5) is 0 Å². The van der Waals surface area contributed by atoms with Crippen LogP contribution >= 0.6 is 12.2 Å². The van der Waals surface area contributed by atoms with Gasteiger partial charge in [-0.25, -0.2) is 0 Å². The predicted octanol–water partition coefficient (Wildman–Crippen LogP) is -0.274. The van der Waals surface area contributed by atoms with Crippen molar-refractivity contribution >= 4 is 29.5 Å². The lowest BCUT2D eigenvalue weighted by Gasteiger charge is -2.09. The minimum Gasteiger partial charge on any atom is -0.493 e. The Balaban J connectivity index is 2.80. The van der Waals surface area contributed by atoms with Crippen LogP contribution in [-0.2, 0) is 4.79 Å². The maximum absolute atomic E-state index is 10.6. The van der Waals surface area contributed by atoms with E-state index in [2.05, 4.69) is 22.7 Å². The molecule has 0 saturated carbocycles. The average molecular weight is 282 g/mol. The zero-order valence-electron chi connectivity index (χ0n) is 10.3. The summed E-state index contributed by atoms with van der Waals surface area (Å²) in [7, 11) is 1.49. The number of nitrogens with zero attached hydrogens (tertiary/aromatic N) is 1. The molecule has 0 aromatic heterocycles. The van der Waals surface area contributed by atoms with Gasteiger partial charge in [0.1, 0.15) is 0 Å². The Hall–Kier alpha value is -2.35. The quantitative estimate of drug-likeness (QED) is 0.376. The van der Waals surface area contributed by atoms with Crippen molar-refractivity contribution in [1.82, 2.24) is 5.43 Å². The molecule has 0 aliphatic heterocycles. The molecular weight excluding hydrogens is 268 g/mol. The van der Waals surface area contributed by atoms with Gasteiger partial charge in [0.05, 0.1) is 13.3 Å². The summed E-state index contributed by atoms with van der Waals surface area (Å²) in [6.07, 6.45) is 1.51. The normalized spacial score (nSPS) is 10.2.